The molecule has 0 amide bonds. The number of aliphatic hydroxyl groups excluding tert-OH is 2. The van der Waals surface area contributed by atoms with E-state index in [0.717, 1.165) is 0 Å². The van der Waals surface area contributed by atoms with Gasteiger partial charge in [-0.2, -0.15) is 4.98 Å². The molecule has 0 aromatic carbocycles. The van der Waals surface area contributed by atoms with Crippen LogP contribution in [-0.2, 0) is 0 Å². The average Bonchev–Trinajstić information content (AvgIpc) is 2.11. The summed E-state index contributed by atoms with van der Waals surface area (Å²) in [5.41, 5.74) is 11.5. The Morgan fingerprint density at radius 2 is 1.44 bits per heavy atom. The van der Waals surface area contributed by atoms with Gasteiger partial charge in [-0.25, -0.2) is 0 Å². The lowest BCUT2D eigenvalue weighted by Gasteiger charge is -2.14. The van der Waals surface area contributed by atoms with Gasteiger partial charge in [0.05, 0.1) is 11.4 Å². The summed E-state index contributed by atoms with van der Waals surface area (Å²) in [7, 11) is 0. The average molecular weight is 229 g/mol. The first-order valence-electron chi connectivity index (χ1n) is 4.65. The number of ether oxygens (including phenoxy) is 2. The molecule has 0 aliphatic rings. The summed E-state index contributed by atoms with van der Waals surface area (Å²) >= 11 is 0. The molecule has 1 aromatic heterocycles. The first-order chi connectivity index (χ1) is 7.40. The molecule has 7 heteroatoms. The van der Waals surface area contributed by atoms with Crippen molar-refractivity contribution < 1.29 is 19.7 Å². The maximum Gasteiger partial charge on any atom is 0.242 e. The minimum atomic E-state index is -1.06. The SMILES string of the molecule is CC(O)Oc1nc(OC(C)O)c(N)cc1N. The van der Waals surface area contributed by atoms with Crippen molar-refractivity contribution in [2.24, 2.45) is 0 Å². The number of rotatable bonds is 4. The monoisotopic (exact) mass is 229 g/mol. The quantitative estimate of drug-likeness (QED) is 0.521. The van der Waals surface area contributed by atoms with E-state index in [1.165, 1.54) is 19.9 Å². The van der Waals surface area contributed by atoms with Crippen LogP contribution in [0.2, 0.25) is 0 Å². The van der Waals surface area contributed by atoms with Crippen LogP contribution in [0.1, 0.15) is 13.8 Å². The van der Waals surface area contributed by atoms with Gasteiger partial charge in [-0.3, -0.25) is 0 Å². The first kappa shape index (κ1) is 12.3. The first-order valence-corrected chi connectivity index (χ1v) is 4.65. The molecule has 0 aliphatic carbocycles. The molecule has 7 nitrogen and oxygen atoms in total. The Labute approximate surface area is 92.6 Å². The van der Waals surface area contributed by atoms with Crippen LogP contribution in [0.3, 0.4) is 0 Å². The molecule has 90 valence electrons. The van der Waals surface area contributed by atoms with E-state index in [2.05, 4.69) is 4.98 Å². The second kappa shape index (κ2) is 4.86. The highest BCUT2D eigenvalue weighted by Crippen LogP contribution is 2.29. The molecule has 0 saturated carbocycles. The van der Waals surface area contributed by atoms with Crippen molar-refractivity contribution >= 4 is 11.4 Å². The summed E-state index contributed by atoms with van der Waals surface area (Å²) in [6.07, 6.45) is -2.12. The maximum absolute atomic E-state index is 9.03. The van der Waals surface area contributed by atoms with Crippen LogP contribution < -0.4 is 20.9 Å². The van der Waals surface area contributed by atoms with Crippen LogP contribution in [0, 0.1) is 0 Å². The zero-order chi connectivity index (χ0) is 12.3. The van der Waals surface area contributed by atoms with Crippen LogP contribution in [-0.4, -0.2) is 27.8 Å². The van der Waals surface area contributed by atoms with E-state index >= 15 is 0 Å². The molecule has 6 N–H and O–H groups in total. The minimum absolute atomic E-state index is 0.000139. The van der Waals surface area contributed by atoms with Crippen molar-refractivity contribution in [2.75, 3.05) is 11.5 Å². The number of anilines is 2. The molecule has 0 spiro atoms. The van der Waals surface area contributed by atoms with Gasteiger partial charge >= 0.3 is 0 Å². The molecule has 16 heavy (non-hydrogen) atoms. The number of hydrogen-bond donors (Lipinski definition) is 4. The fraction of sp³-hybridized carbons (Fsp3) is 0.444. The highest BCUT2D eigenvalue weighted by atomic mass is 16.6. The molecular weight excluding hydrogens is 214 g/mol. The number of hydrogen-bond acceptors (Lipinski definition) is 7. The minimum Gasteiger partial charge on any atom is -0.447 e. The van der Waals surface area contributed by atoms with Crippen LogP contribution in [0.4, 0.5) is 11.4 Å². The predicted octanol–water partition coefficient (Wildman–Crippen LogP) is -0.320. The lowest BCUT2D eigenvalue weighted by molar-refractivity contribution is -0.0112. The van der Waals surface area contributed by atoms with E-state index in [1.54, 1.807) is 0 Å². The largest absolute Gasteiger partial charge is 0.447 e. The second-order valence-corrected chi connectivity index (χ2v) is 3.21. The molecule has 0 bridgehead atoms. The van der Waals surface area contributed by atoms with Crippen molar-refractivity contribution in [1.29, 1.82) is 0 Å². The third kappa shape index (κ3) is 3.14. The van der Waals surface area contributed by atoms with E-state index in [9.17, 15) is 0 Å². The fourth-order valence-corrected chi connectivity index (χ4v) is 1.02. The Hall–Kier alpha value is -1.73. The van der Waals surface area contributed by atoms with Crippen LogP contribution in [0.5, 0.6) is 11.8 Å². The molecule has 1 aromatic rings. The van der Waals surface area contributed by atoms with E-state index in [4.69, 9.17) is 31.2 Å². The molecule has 1 rings (SSSR count). The molecule has 0 radical (unpaired) electrons. The van der Waals surface area contributed by atoms with Gasteiger partial charge in [-0.15, -0.1) is 0 Å². The van der Waals surface area contributed by atoms with E-state index in [0.29, 0.717) is 0 Å². The lowest BCUT2D eigenvalue weighted by Crippen LogP contribution is -2.15. The summed E-state index contributed by atoms with van der Waals surface area (Å²) in [4.78, 5) is 3.84. The highest BCUT2D eigenvalue weighted by Gasteiger charge is 2.13. The summed E-state index contributed by atoms with van der Waals surface area (Å²) in [5.74, 6) is -0.000278. The van der Waals surface area contributed by atoms with Gasteiger partial charge in [-0.05, 0) is 19.9 Å². The summed E-state index contributed by atoms with van der Waals surface area (Å²) in [5, 5.41) is 18.1. The van der Waals surface area contributed by atoms with Crippen molar-refractivity contribution in [1.82, 2.24) is 4.98 Å². The van der Waals surface area contributed by atoms with Crippen molar-refractivity contribution in [2.45, 2.75) is 26.4 Å². The number of aromatic nitrogens is 1. The number of nitrogens with two attached hydrogens (primary N) is 2. The smallest absolute Gasteiger partial charge is 0.242 e. The lowest BCUT2D eigenvalue weighted by atomic mass is 10.3. The van der Waals surface area contributed by atoms with Crippen LogP contribution in [0.25, 0.3) is 0 Å². The standard InChI is InChI=1S/C9H15N3O4/c1-4(13)15-8-6(10)3-7(11)9(12-8)16-5(2)14/h3-5,13-14H,10-11H2,1-2H3. The zero-order valence-corrected chi connectivity index (χ0v) is 9.04. The Balaban J connectivity index is 3.01. The summed E-state index contributed by atoms with van der Waals surface area (Å²) in [6, 6.07) is 1.38. The summed E-state index contributed by atoms with van der Waals surface area (Å²) in [6.45, 7) is 2.82. The van der Waals surface area contributed by atoms with Gasteiger partial charge in [0.1, 0.15) is 0 Å². The molecule has 2 atom stereocenters. The Kier molecular flexibility index (Phi) is 3.75. The predicted molar refractivity (Wildman–Crippen MR) is 57.7 cm³/mol. The van der Waals surface area contributed by atoms with Gasteiger partial charge in [0, 0.05) is 0 Å². The van der Waals surface area contributed by atoms with Crippen LogP contribution >= 0.6 is 0 Å². The zero-order valence-electron chi connectivity index (χ0n) is 9.04. The van der Waals surface area contributed by atoms with Crippen molar-refractivity contribution in [3.05, 3.63) is 6.07 Å². The number of nitrogen functional groups attached to an aromatic ring is 2. The van der Waals surface area contributed by atoms with Gasteiger partial charge in [-0.1, -0.05) is 0 Å². The number of nitrogens with zero attached hydrogens (tertiary/aromatic N) is 1. The molecular formula is C9H15N3O4. The summed E-state index contributed by atoms with van der Waals surface area (Å²) < 4.78 is 9.85. The number of aliphatic hydroxyl groups is 2. The maximum atomic E-state index is 9.03. The Morgan fingerprint density at radius 1 is 1.06 bits per heavy atom. The number of pyridine rings is 1. The normalized spacial score (nSPS) is 14.2. The van der Waals surface area contributed by atoms with Gasteiger partial charge < -0.3 is 31.2 Å². The molecule has 0 fully saturated rings. The highest BCUT2D eigenvalue weighted by molar-refractivity contribution is 5.62. The molecule has 1 heterocycles. The topological polar surface area (TPSA) is 124 Å². The van der Waals surface area contributed by atoms with E-state index in [1.807, 2.05) is 0 Å². The third-order valence-electron chi connectivity index (χ3n) is 1.57. The molecule has 2 unspecified atom stereocenters. The van der Waals surface area contributed by atoms with Gasteiger partial charge in [0.15, 0.2) is 12.6 Å². The fourth-order valence-electron chi connectivity index (χ4n) is 1.02. The van der Waals surface area contributed by atoms with Gasteiger partial charge in [0.25, 0.3) is 0 Å². The van der Waals surface area contributed by atoms with E-state index in [-0.39, 0.29) is 23.1 Å². The van der Waals surface area contributed by atoms with Crippen molar-refractivity contribution in [3.63, 3.8) is 0 Å². The Morgan fingerprint density at radius 3 is 1.75 bits per heavy atom. The van der Waals surface area contributed by atoms with Crippen LogP contribution in [0.15, 0.2) is 6.07 Å². The second-order valence-electron chi connectivity index (χ2n) is 3.21. The Bertz CT molecular complexity index is 337. The van der Waals surface area contributed by atoms with Crippen molar-refractivity contribution in [3.8, 4) is 11.8 Å². The molecule has 0 aliphatic heterocycles. The van der Waals surface area contributed by atoms with E-state index < -0.39 is 12.6 Å². The molecule has 0 saturated heterocycles. The third-order valence-corrected chi connectivity index (χ3v) is 1.57. The van der Waals surface area contributed by atoms with Gasteiger partial charge in [0.2, 0.25) is 11.8 Å².